The Bertz CT molecular complexity index is 643. The number of halogens is 1. The van der Waals surface area contributed by atoms with Gasteiger partial charge in [-0.15, -0.1) is 0 Å². The number of ether oxygens (including phenoxy) is 1. The van der Waals surface area contributed by atoms with Gasteiger partial charge in [-0.2, -0.15) is 0 Å². The lowest BCUT2D eigenvalue weighted by Crippen LogP contribution is -2.15. The van der Waals surface area contributed by atoms with E-state index in [9.17, 15) is 4.39 Å². The van der Waals surface area contributed by atoms with Crippen LogP contribution in [-0.2, 0) is 13.0 Å². The van der Waals surface area contributed by atoms with Gasteiger partial charge in [0.2, 0.25) is 0 Å². The van der Waals surface area contributed by atoms with Crippen LogP contribution in [0.3, 0.4) is 0 Å². The molecule has 2 N–H and O–H groups in total. The first-order chi connectivity index (χ1) is 10.3. The number of nitrogens with one attached hydrogen (secondary N) is 2. The molecule has 1 aliphatic heterocycles. The van der Waals surface area contributed by atoms with Crippen molar-refractivity contribution in [1.82, 2.24) is 0 Å². The van der Waals surface area contributed by atoms with E-state index < -0.39 is 0 Å². The third kappa shape index (κ3) is 2.94. The molecule has 0 atom stereocenters. The van der Waals surface area contributed by atoms with Gasteiger partial charge in [-0.05, 0) is 36.1 Å². The molecule has 0 fully saturated rings. The molecule has 2 aromatic carbocycles. The van der Waals surface area contributed by atoms with Crippen LogP contribution in [0.25, 0.3) is 0 Å². The number of rotatable bonds is 4. The molecule has 0 aromatic heterocycles. The lowest BCUT2D eigenvalue weighted by atomic mass is 9.99. The first-order valence-electron chi connectivity index (χ1n) is 7.20. The number of hydrogen-bond acceptors (Lipinski definition) is 3. The summed E-state index contributed by atoms with van der Waals surface area (Å²) in [7, 11) is 1.55. The summed E-state index contributed by atoms with van der Waals surface area (Å²) >= 11 is 0. The van der Waals surface area contributed by atoms with Gasteiger partial charge in [-0.1, -0.05) is 18.2 Å². The maximum atomic E-state index is 13.2. The smallest absolute Gasteiger partial charge is 0.144 e. The van der Waals surface area contributed by atoms with Gasteiger partial charge >= 0.3 is 0 Å². The third-order valence-corrected chi connectivity index (χ3v) is 3.79. The number of hydrogen-bond donors (Lipinski definition) is 2. The van der Waals surface area contributed by atoms with Crippen molar-refractivity contribution in [1.29, 1.82) is 0 Å². The normalized spacial score (nSPS) is 13.2. The summed E-state index contributed by atoms with van der Waals surface area (Å²) in [5, 5.41) is 6.80. The van der Waals surface area contributed by atoms with Crippen LogP contribution in [-0.4, -0.2) is 13.7 Å². The number of benzene rings is 2. The molecule has 0 saturated heterocycles. The molecule has 0 aliphatic carbocycles. The highest BCUT2D eigenvalue weighted by Crippen LogP contribution is 2.29. The molecule has 4 heteroatoms. The van der Waals surface area contributed by atoms with Gasteiger partial charge in [-0.3, -0.25) is 0 Å². The summed E-state index contributed by atoms with van der Waals surface area (Å²) in [5.41, 5.74) is 4.62. The Morgan fingerprint density at radius 2 is 2.19 bits per heavy atom. The number of anilines is 2. The van der Waals surface area contributed by atoms with E-state index in [1.165, 1.54) is 35.4 Å². The fourth-order valence-corrected chi connectivity index (χ4v) is 2.73. The molecule has 0 saturated carbocycles. The maximum absolute atomic E-state index is 13.2. The molecule has 0 unspecified atom stereocenters. The van der Waals surface area contributed by atoms with E-state index in [2.05, 4.69) is 28.8 Å². The van der Waals surface area contributed by atoms with Crippen molar-refractivity contribution in [2.24, 2.45) is 0 Å². The first kappa shape index (κ1) is 13.7. The van der Waals surface area contributed by atoms with Gasteiger partial charge in [0.05, 0.1) is 12.8 Å². The van der Waals surface area contributed by atoms with Gasteiger partial charge in [0.15, 0.2) is 0 Å². The molecule has 3 nitrogen and oxygen atoms in total. The predicted octanol–water partition coefficient (Wildman–Crippen LogP) is 3.80. The number of methoxy groups -OCH3 is 1. The molecule has 0 amide bonds. The SMILES string of the molecule is COc1cc(F)ccc1NCc1cccc2c1NCCC2. The van der Waals surface area contributed by atoms with Crippen LogP contribution >= 0.6 is 0 Å². The second kappa shape index (κ2) is 6.04. The Morgan fingerprint density at radius 1 is 1.29 bits per heavy atom. The van der Waals surface area contributed by atoms with Crippen molar-refractivity contribution < 1.29 is 9.13 Å². The predicted molar refractivity (Wildman–Crippen MR) is 83.5 cm³/mol. The van der Waals surface area contributed by atoms with Crippen LogP contribution in [0.5, 0.6) is 5.75 Å². The molecule has 1 heterocycles. The first-order valence-corrected chi connectivity index (χ1v) is 7.20. The highest BCUT2D eigenvalue weighted by Gasteiger charge is 2.12. The molecule has 2 aromatic rings. The molecule has 1 aliphatic rings. The van der Waals surface area contributed by atoms with Crippen molar-refractivity contribution in [2.45, 2.75) is 19.4 Å². The zero-order valence-electron chi connectivity index (χ0n) is 12.1. The van der Waals surface area contributed by atoms with Crippen molar-refractivity contribution in [2.75, 3.05) is 24.3 Å². The van der Waals surface area contributed by atoms with Gasteiger partial charge < -0.3 is 15.4 Å². The number of fused-ring (bicyclic) bond motifs is 1. The van der Waals surface area contributed by atoms with E-state index in [1.54, 1.807) is 13.2 Å². The quantitative estimate of drug-likeness (QED) is 0.897. The zero-order valence-corrected chi connectivity index (χ0v) is 12.1. The average Bonchev–Trinajstić information content (AvgIpc) is 2.53. The largest absolute Gasteiger partial charge is 0.494 e. The summed E-state index contributed by atoms with van der Waals surface area (Å²) in [6, 6.07) is 10.9. The van der Waals surface area contributed by atoms with Crippen LogP contribution in [0.15, 0.2) is 36.4 Å². The fourth-order valence-electron chi connectivity index (χ4n) is 2.73. The lowest BCUT2D eigenvalue weighted by molar-refractivity contribution is 0.413. The topological polar surface area (TPSA) is 33.3 Å². The van der Waals surface area contributed by atoms with E-state index in [0.29, 0.717) is 12.3 Å². The van der Waals surface area contributed by atoms with Gasteiger partial charge in [0.25, 0.3) is 0 Å². The third-order valence-electron chi connectivity index (χ3n) is 3.79. The van der Waals surface area contributed by atoms with Gasteiger partial charge in [0, 0.05) is 24.8 Å². The summed E-state index contributed by atoms with van der Waals surface area (Å²) in [5.74, 6) is 0.226. The second-order valence-electron chi connectivity index (χ2n) is 5.18. The molecule has 3 rings (SSSR count). The highest BCUT2D eigenvalue weighted by molar-refractivity contribution is 5.62. The van der Waals surface area contributed by atoms with Crippen LogP contribution in [0.4, 0.5) is 15.8 Å². The van der Waals surface area contributed by atoms with Crippen molar-refractivity contribution in [3.05, 3.63) is 53.3 Å². The summed E-state index contributed by atoms with van der Waals surface area (Å²) in [4.78, 5) is 0. The van der Waals surface area contributed by atoms with E-state index >= 15 is 0 Å². The summed E-state index contributed by atoms with van der Waals surface area (Å²) in [6.07, 6.45) is 2.30. The highest BCUT2D eigenvalue weighted by atomic mass is 19.1. The van der Waals surface area contributed by atoms with Crippen LogP contribution in [0.1, 0.15) is 17.5 Å². The standard InChI is InChI=1S/C17H19FN2O/c1-21-16-10-14(18)7-8-15(16)20-11-13-5-2-4-12-6-3-9-19-17(12)13/h2,4-5,7-8,10,19-20H,3,6,9,11H2,1H3. The summed E-state index contributed by atoms with van der Waals surface area (Å²) in [6.45, 7) is 1.70. The van der Waals surface area contributed by atoms with E-state index in [1.807, 2.05) is 0 Å². The summed E-state index contributed by atoms with van der Waals surface area (Å²) < 4.78 is 18.4. The minimum Gasteiger partial charge on any atom is -0.494 e. The van der Waals surface area contributed by atoms with Crippen molar-refractivity contribution in [3.63, 3.8) is 0 Å². The minimum absolute atomic E-state index is 0.295. The van der Waals surface area contributed by atoms with E-state index in [-0.39, 0.29) is 5.82 Å². The minimum atomic E-state index is -0.295. The molecule has 0 spiro atoms. The average molecular weight is 286 g/mol. The molecule has 21 heavy (non-hydrogen) atoms. The second-order valence-corrected chi connectivity index (χ2v) is 5.18. The lowest BCUT2D eigenvalue weighted by Gasteiger charge is -2.22. The van der Waals surface area contributed by atoms with Crippen LogP contribution in [0, 0.1) is 5.82 Å². The van der Waals surface area contributed by atoms with E-state index in [0.717, 1.165) is 18.7 Å². The zero-order chi connectivity index (χ0) is 14.7. The molecule has 0 radical (unpaired) electrons. The number of aryl methyl sites for hydroxylation is 1. The monoisotopic (exact) mass is 286 g/mol. The Morgan fingerprint density at radius 3 is 3.05 bits per heavy atom. The molecular formula is C17H19FN2O. The molecular weight excluding hydrogens is 267 g/mol. The Labute approximate surface area is 124 Å². The Hall–Kier alpha value is -2.23. The van der Waals surface area contributed by atoms with Gasteiger partial charge in [-0.25, -0.2) is 4.39 Å². The fraction of sp³-hybridized carbons (Fsp3) is 0.294. The van der Waals surface area contributed by atoms with Gasteiger partial charge in [0.1, 0.15) is 11.6 Å². The Kier molecular flexibility index (Phi) is 3.95. The van der Waals surface area contributed by atoms with Crippen molar-refractivity contribution >= 4 is 11.4 Å². The Balaban J connectivity index is 1.79. The number of para-hydroxylation sites is 1. The maximum Gasteiger partial charge on any atom is 0.144 e. The molecule has 0 bridgehead atoms. The van der Waals surface area contributed by atoms with Crippen LogP contribution < -0.4 is 15.4 Å². The molecule has 110 valence electrons. The van der Waals surface area contributed by atoms with Crippen molar-refractivity contribution in [3.8, 4) is 5.75 Å². The van der Waals surface area contributed by atoms with Crippen LogP contribution in [0.2, 0.25) is 0 Å². The van der Waals surface area contributed by atoms with E-state index in [4.69, 9.17) is 4.74 Å².